The highest BCUT2D eigenvalue weighted by Crippen LogP contribution is 2.71. The van der Waals surface area contributed by atoms with Crippen molar-refractivity contribution in [2.75, 3.05) is 0 Å². The molecule has 0 aromatic rings. The normalized spacial score (nSPS) is 53.6. The first-order valence-electron chi connectivity index (χ1n) is 12.7. The Kier molecular flexibility index (Phi) is 4.53. The highest BCUT2D eigenvalue weighted by Gasteiger charge is 2.77. The summed E-state index contributed by atoms with van der Waals surface area (Å²) in [5, 5.41) is 23.1. The predicted octanol–water partition coefficient (Wildman–Crippen LogP) is 3.11. The number of epoxide rings is 1. The van der Waals surface area contributed by atoms with Gasteiger partial charge in [-0.25, -0.2) is 4.79 Å². The van der Waals surface area contributed by atoms with Crippen molar-refractivity contribution in [2.45, 2.75) is 96.2 Å². The number of carbonyl (C=O) groups excluding carboxylic acids is 2. The summed E-state index contributed by atoms with van der Waals surface area (Å²) >= 11 is 0. The molecule has 33 heavy (non-hydrogen) atoms. The maximum absolute atomic E-state index is 13.2. The summed E-state index contributed by atoms with van der Waals surface area (Å²) in [5.74, 6) is 0.375. The molecule has 1 unspecified atom stereocenters. The van der Waals surface area contributed by atoms with E-state index in [0.717, 1.165) is 31.3 Å². The van der Waals surface area contributed by atoms with Crippen molar-refractivity contribution >= 4 is 11.8 Å². The fourth-order valence-electron chi connectivity index (χ4n) is 8.93. The van der Waals surface area contributed by atoms with Crippen LogP contribution in [0.15, 0.2) is 23.3 Å². The molecule has 0 aromatic heterocycles. The summed E-state index contributed by atoms with van der Waals surface area (Å²) in [6.45, 7) is 7.99. The summed E-state index contributed by atoms with van der Waals surface area (Å²) < 4.78 is 11.8. The molecule has 0 bridgehead atoms. The zero-order chi connectivity index (χ0) is 23.5. The number of hydrogen-bond donors (Lipinski definition) is 2. The van der Waals surface area contributed by atoms with Gasteiger partial charge in [0, 0.05) is 12.0 Å². The SMILES string of the molecule is CC1=C(C)C(=O)O[C@@H]([C@@H](O)C2CC[C@H]3[C@@H]4[C@@H]5O[C@@H]5[C@@]5(O)CC=CC(=O)[C@]5(C)[C@H]4CC[C@]23C)C1. The number of aliphatic hydroxyl groups is 2. The van der Waals surface area contributed by atoms with E-state index in [-0.39, 0.29) is 47.1 Å². The first-order chi connectivity index (χ1) is 15.5. The number of ketones is 1. The summed E-state index contributed by atoms with van der Waals surface area (Å²) in [7, 11) is 0. The number of aliphatic hydroxyl groups excluding tert-OH is 1. The van der Waals surface area contributed by atoms with Crippen LogP contribution in [0.3, 0.4) is 0 Å². The zero-order valence-electron chi connectivity index (χ0n) is 20.0. The molecule has 4 aliphatic carbocycles. The number of hydrogen-bond acceptors (Lipinski definition) is 6. The molecule has 1 saturated heterocycles. The molecule has 6 heteroatoms. The van der Waals surface area contributed by atoms with Crippen LogP contribution in [0.1, 0.15) is 66.2 Å². The molecule has 6 rings (SSSR count). The van der Waals surface area contributed by atoms with Crippen molar-refractivity contribution in [3.8, 4) is 0 Å². The Bertz CT molecular complexity index is 983. The van der Waals surface area contributed by atoms with E-state index in [0.29, 0.717) is 24.3 Å². The lowest BCUT2D eigenvalue weighted by Crippen LogP contribution is -2.67. The van der Waals surface area contributed by atoms with E-state index < -0.39 is 23.2 Å². The van der Waals surface area contributed by atoms with Crippen LogP contribution in [-0.4, -0.2) is 52.0 Å². The molecule has 4 fully saturated rings. The fourth-order valence-corrected chi connectivity index (χ4v) is 8.93. The molecule has 0 amide bonds. The van der Waals surface area contributed by atoms with Gasteiger partial charge in [-0.2, -0.15) is 0 Å². The Morgan fingerprint density at radius 1 is 1.12 bits per heavy atom. The maximum atomic E-state index is 13.2. The van der Waals surface area contributed by atoms with E-state index in [9.17, 15) is 19.8 Å². The summed E-state index contributed by atoms with van der Waals surface area (Å²) in [4.78, 5) is 25.5. The smallest absolute Gasteiger partial charge is 0.334 e. The third-order valence-electron chi connectivity index (χ3n) is 11.1. The van der Waals surface area contributed by atoms with Crippen molar-refractivity contribution in [3.63, 3.8) is 0 Å². The van der Waals surface area contributed by atoms with Crippen LogP contribution in [0.5, 0.6) is 0 Å². The third-order valence-corrected chi connectivity index (χ3v) is 11.1. The molecule has 0 spiro atoms. The van der Waals surface area contributed by atoms with Crippen LogP contribution in [0, 0.1) is 34.5 Å². The molecule has 3 saturated carbocycles. The van der Waals surface area contributed by atoms with E-state index in [1.807, 2.05) is 19.9 Å². The van der Waals surface area contributed by atoms with Crippen molar-refractivity contribution in [3.05, 3.63) is 23.3 Å². The van der Waals surface area contributed by atoms with E-state index in [1.165, 1.54) is 0 Å². The molecule has 0 aromatic carbocycles. The number of rotatable bonds is 2. The van der Waals surface area contributed by atoms with E-state index in [1.54, 1.807) is 13.0 Å². The quantitative estimate of drug-likeness (QED) is 0.490. The number of ether oxygens (including phenoxy) is 2. The number of fused-ring (bicyclic) bond motifs is 8. The van der Waals surface area contributed by atoms with Crippen molar-refractivity contribution < 1.29 is 29.3 Å². The van der Waals surface area contributed by atoms with Gasteiger partial charge in [0.2, 0.25) is 0 Å². The first-order valence-corrected chi connectivity index (χ1v) is 12.7. The van der Waals surface area contributed by atoms with E-state index >= 15 is 0 Å². The number of carbonyl (C=O) groups is 2. The minimum Gasteiger partial charge on any atom is -0.456 e. The molecule has 180 valence electrons. The standard InChI is InChI=1S/C27H36O6/c1-13-12-18(32-24(30)14(13)2)21(29)17-8-7-15-20-16(9-11-25(15,17)3)26(4)19(28)6-5-10-27(26,31)23-22(20)33-23/h5-6,15-18,20-23,29,31H,7-12H2,1-4H3/t15-,16-,17?,18+,20-,21-,22-,23-,25-,26-,27-/m0/s1. The van der Waals surface area contributed by atoms with Crippen LogP contribution in [0.25, 0.3) is 0 Å². The minimum absolute atomic E-state index is 0.00627. The predicted molar refractivity (Wildman–Crippen MR) is 120 cm³/mol. The van der Waals surface area contributed by atoms with Gasteiger partial charge in [0.25, 0.3) is 0 Å². The molecule has 2 heterocycles. The van der Waals surface area contributed by atoms with Gasteiger partial charge in [-0.1, -0.05) is 18.6 Å². The van der Waals surface area contributed by atoms with Gasteiger partial charge in [0.1, 0.15) is 17.8 Å². The maximum Gasteiger partial charge on any atom is 0.334 e. The highest BCUT2D eigenvalue weighted by molar-refractivity contribution is 5.97. The topological polar surface area (TPSA) is 96.4 Å². The van der Waals surface area contributed by atoms with Crippen molar-refractivity contribution in [2.24, 2.45) is 34.5 Å². The molecule has 2 aliphatic heterocycles. The summed E-state index contributed by atoms with van der Waals surface area (Å²) in [6.07, 6.45) is 6.64. The van der Waals surface area contributed by atoms with Gasteiger partial charge < -0.3 is 19.7 Å². The fraction of sp³-hybridized carbons (Fsp3) is 0.778. The van der Waals surface area contributed by atoms with Gasteiger partial charge in [-0.3, -0.25) is 4.79 Å². The van der Waals surface area contributed by atoms with Crippen LogP contribution in [-0.2, 0) is 19.1 Å². The Hall–Kier alpha value is -1.50. The summed E-state index contributed by atoms with van der Waals surface area (Å²) in [5.41, 5.74) is -0.390. The molecule has 6 nitrogen and oxygen atoms in total. The summed E-state index contributed by atoms with van der Waals surface area (Å²) in [6, 6.07) is 0. The first kappa shape index (κ1) is 22.0. The Morgan fingerprint density at radius 3 is 2.61 bits per heavy atom. The van der Waals surface area contributed by atoms with Crippen LogP contribution < -0.4 is 0 Å². The zero-order valence-corrected chi connectivity index (χ0v) is 20.0. The lowest BCUT2D eigenvalue weighted by Gasteiger charge is -2.60. The van der Waals surface area contributed by atoms with Gasteiger partial charge in [-0.05, 0) is 88.0 Å². The molecule has 11 atom stereocenters. The Balaban J connectivity index is 1.30. The van der Waals surface area contributed by atoms with Gasteiger partial charge >= 0.3 is 5.97 Å². The molecular weight excluding hydrogens is 420 g/mol. The average molecular weight is 457 g/mol. The van der Waals surface area contributed by atoms with E-state index in [4.69, 9.17) is 9.47 Å². The van der Waals surface area contributed by atoms with Crippen LogP contribution >= 0.6 is 0 Å². The lowest BCUT2D eigenvalue weighted by atomic mass is 9.43. The lowest BCUT2D eigenvalue weighted by molar-refractivity contribution is -0.184. The Morgan fingerprint density at radius 2 is 1.88 bits per heavy atom. The number of allylic oxidation sites excluding steroid dienone is 1. The van der Waals surface area contributed by atoms with Gasteiger partial charge in [0.05, 0.1) is 17.6 Å². The molecule has 0 radical (unpaired) electrons. The van der Waals surface area contributed by atoms with Gasteiger partial charge in [0.15, 0.2) is 5.78 Å². The van der Waals surface area contributed by atoms with Crippen molar-refractivity contribution in [1.29, 1.82) is 0 Å². The molecule has 6 aliphatic rings. The van der Waals surface area contributed by atoms with Crippen LogP contribution in [0.4, 0.5) is 0 Å². The molecule has 2 N–H and O–H groups in total. The number of esters is 1. The van der Waals surface area contributed by atoms with Crippen molar-refractivity contribution in [1.82, 2.24) is 0 Å². The minimum atomic E-state index is -1.12. The largest absolute Gasteiger partial charge is 0.456 e. The van der Waals surface area contributed by atoms with E-state index in [2.05, 4.69) is 6.92 Å². The number of cyclic esters (lactones) is 1. The monoisotopic (exact) mass is 456 g/mol. The van der Waals surface area contributed by atoms with Gasteiger partial charge in [-0.15, -0.1) is 0 Å². The molecular formula is C27H36O6. The second kappa shape index (κ2) is 6.79. The second-order valence-electron chi connectivity index (χ2n) is 12.2. The highest BCUT2D eigenvalue weighted by atomic mass is 16.6. The Labute approximate surface area is 195 Å². The van der Waals surface area contributed by atoms with Crippen LogP contribution in [0.2, 0.25) is 0 Å². The third kappa shape index (κ3) is 2.61. The second-order valence-corrected chi connectivity index (χ2v) is 12.2. The average Bonchev–Trinajstić information content (AvgIpc) is 3.50.